The summed E-state index contributed by atoms with van der Waals surface area (Å²) in [5.74, 6) is -0.225. The zero-order chi connectivity index (χ0) is 19.4. The van der Waals surface area contributed by atoms with Crippen LogP contribution in [0.1, 0.15) is 48.2 Å². The molecule has 0 saturated carbocycles. The van der Waals surface area contributed by atoms with Gasteiger partial charge in [0.1, 0.15) is 11.4 Å². The van der Waals surface area contributed by atoms with Crippen LogP contribution in [0, 0.1) is 6.92 Å². The number of rotatable bonds is 6. The number of aliphatic carboxylic acids is 1. The quantitative estimate of drug-likeness (QED) is 0.844. The van der Waals surface area contributed by atoms with E-state index in [1.807, 2.05) is 36.1 Å². The van der Waals surface area contributed by atoms with Gasteiger partial charge in [0.15, 0.2) is 0 Å². The van der Waals surface area contributed by atoms with Crippen molar-refractivity contribution in [2.24, 2.45) is 0 Å². The van der Waals surface area contributed by atoms with Crippen molar-refractivity contribution in [3.63, 3.8) is 0 Å². The van der Waals surface area contributed by atoms with E-state index in [-0.39, 0.29) is 18.4 Å². The lowest BCUT2D eigenvalue weighted by Gasteiger charge is -2.35. The van der Waals surface area contributed by atoms with Gasteiger partial charge in [-0.15, -0.1) is 0 Å². The average Bonchev–Trinajstić information content (AvgIpc) is 3.07. The van der Waals surface area contributed by atoms with Crippen LogP contribution < -0.4 is 4.74 Å². The second kappa shape index (κ2) is 8.24. The predicted molar refractivity (Wildman–Crippen MR) is 100 cm³/mol. The molecule has 1 aromatic heterocycles. The minimum Gasteiger partial charge on any atom is -0.494 e. The van der Waals surface area contributed by atoms with Crippen molar-refractivity contribution in [1.82, 2.24) is 14.7 Å². The summed E-state index contributed by atoms with van der Waals surface area (Å²) in [4.78, 5) is 25.9. The molecule has 1 unspecified atom stereocenters. The van der Waals surface area contributed by atoms with Crippen molar-refractivity contribution in [3.8, 4) is 11.4 Å². The van der Waals surface area contributed by atoms with Gasteiger partial charge in [-0.3, -0.25) is 9.59 Å². The van der Waals surface area contributed by atoms with E-state index >= 15 is 0 Å². The highest BCUT2D eigenvalue weighted by Gasteiger charge is 2.30. The van der Waals surface area contributed by atoms with Crippen molar-refractivity contribution in [1.29, 1.82) is 0 Å². The van der Waals surface area contributed by atoms with Gasteiger partial charge in [-0.1, -0.05) is 12.1 Å². The van der Waals surface area contributed by atoms with E-state index < -0.39 is 5.97 Å². The Bertz CT molecular complexity index is 830. The molecular formula is C20H25N3O4. The van der Waals surface area contributed by atoms with Crippen LogP contribution in [0.25, 0.3) is 5.69 Å². The lowest BCUT2D eigenvalue weighted by Crippen LogP contribution is -2.44. The molecule has 0 aliphatic carbocycles. The number of likely N-dealkylation sites (tertiary alicyclic amines) is 1. The number of amides is 1. The van der Waals surface area contributed by atoms with Gasteiger partial charge in [-0.2, -0.15) is 5.10 Å². The summed E-state index contributed by atoms with van der Waals surface area (Å²) >= 11 is 0. The Morgan fingerprint density at radius 2 is 2.07 bits per heavy atom. The predicted octanol–water partition coefficient (Wildman–Crippen LogP) is 3.05. The van der Waals surface area contributed by atoms with Gasteiger partial charge in [0.05, 0.1) is 24.6 Å². The normalized spacial score (nSPS) is 17.0. The van der Waals surface area contributed by atoms with Crippen LogP contribution >= 0.6 is 0 Å². The molecule has 1 aromatic carbocycles. The number of carboxylic acids is 1. The fourth-order valence-electron chi connectivity index (χ4n) is 3.68. The molecule has 1 amide bonds. The van der Waals surface area contributed by atoms with Crippen LogP contribution in [-0.4, -0.2) is 51.4 Å². The molecule has 2 aromatic rings. The van der Waals surface area contributed by atoms with Gasteiger partial charge in [-0.25, -0.2) is 4.68 Å². The first-order valence-corrected chi connectivity index (χ1v) is 9.23. The second-order valence-corrected chi connectivity index (χ2v) is 6.81. The molecule has 1 atom stereocenters. The fourth-order valence-corrected chi connectivity index (χ4v) is 3.68. The van der Waals surface area contributed by atoms with Crippen LogP contribution in [-0.2, 0) is 4.79 Å². The highest BCUT2D eigenvalue weighted by Crippen LogP contribution is 2.27. The van der Waals surface area contributed by atoms with Gasteiger partial charge < -0.3 is 14.7 Å². The van der Waals surface area contributed by atoms with E-state index in [0.717, 1.165) is 30.6 Å². The zero-order valence-electron chi connectivity index (χ0n) is 15.7. The molecule has 0 radical (unpaired) electrons. The lowest BCUT2D eigenvalue weighted by molar-refractivity contribution is -0.137. The molecule has 0 spiro atoms. The second-order valence-electron chi connectivity index (χ2n) is 6.81. The topological polar surface area (TPSA) is 84.7 Å². The van der Waals surface area contributed by atoms with E-state index in [1.165, 1.54) is 0 Å². The Labute approximate surface area is 158 Å². The van der Waals surface area contributed by atoms with Gasteiger partial charge in [0.25, 0.3) is 5.91 Å². The molecule has 144 valence electrons. The lowest BCUT2D eigenvalue weighted by atomic mass is 9.97. The number of para-hydroxylation sites is 2. The fraction of sp³-hybridized carbons (Fsp3) is 0.450. The molecule has 27 heavy (non-hydrogen) atoms. The minimum absolute atomic E-state index is 0.0311. The van der Waals surface area contributed by atoms with E-state index in [1.54, 1.807) is 18.0 Å². The monoisotopic (exact) mass is 371 g/mol. The summed E-state index contributed by atoms with van der Waals surface area (Å²) in [5, 5.41) is 13.4. The molecule has 3 rings (SSSR count). The van der Waals surface area contributed by atoms with Gasteiger partial charge in [0, 0.05) is 19.0 Å². The SMILES string of the molecule is COc1ccccc1-n1ncc(C(=O)N2CCCCC2CCC(=O)O)c1C. The van der Waals surface area contributed by atoms with Crippen molar-refractivity contribution in [2.75, 3.05) is 13.7 Å². The van der Waals surface area contributed by atoms with Crippen LogP contribution in [0.5, 0.6) is 5.75 Å². The Morgan fingerprint density at radius 3 is 2.81 bits per heavy atom. The molecular weight excluding hydrogens is 346 g/mol. The van der Waals surface area contributed by atoms with Gasteiger partial charge in [-0.05, 0) is 44.7 Å². The first-order chi connectivity index (χ1) is 13.0. The summed E-state index contributed by atoms with van der Waals surface area (Å²) in [7, 11) is 1.60. The molecule has 1 aliphatic heterocycles. The van der Waals surface area contributed by atoms with E-state index in [0.29, 0.717) is 24.3 Å². The molecule has 1 fully saturated rings. The van der Waals surface area contributed by atoms with E-state index in [2.05, 4.69) is 5.10 Å². The van der Waals surface area contributed by atoms with Crippen molar-refractivity contribution in [3.05, 3.63) is 41.7 Å². The number of carbonyl (C=O) groups is 2. The van der Waals surface area contributed by atoms with Crippen LogP contribution in [0.2, 0.25) is 0 Å². The van der Waals surface area contributed by atoms with Gasteiger partial charge >= 0.3 is 5.97 Å². The third kappa shape index (κ3) is 3.97. The highest BCUT2D eigenvalue weighted by atomic mass is 16.5. The average molecular weight is 371 g/mol. The Morgan fingerprint density at radius 1 is 1.30 bits per heavy atom. The minimum atomic E-state index is -0.826. The smallest absolute Gasteiger partial charge is 0.303 e. The number of nitrogens with zero attached hydrogens (tertiary/aromatic N) is 3. The maximum absolute atomic E-state index is 13.2. The number of aromatic nitrogens is 2. The largest absolute Gasteiger partial charge is 0.494 e. The Hall–Kier alpha value is -2.83. The number of hydrogen-bond donors (Lipinski definition) is 1. The number of carboxylic acid groups (broad SMARTS) is 1. The molecule has 7 nitrogen and oxygen atoms in total. The van der Waals surface area contributed by atoms with Crippen molar-refractivity contribution >= 4 is 11.9 Å². The summed E-state index contributed by atoms with van der Waals surface area (Å²) in [6, 6.07) is 7.49. The van der Waals surface area contributed by atoms with Crippen LogP contribution in [0.4, 0.5) is 0 Å². The van der Waals surface area contributed by atoms with E-state index in [9.17, 15) is 9.59 Å². The Balaban J connectivity index is 1.86. The summed E-state index contributed by atoms with van der Waals surface area (Å²) < 4.78 is 7.11. The van der Waals surface area contributed by atoms with Crippen LogP contribution in [0.15, 0.2) is 30.5 Å². The number of hydrogen-bond acceptors (Lipinski definition) is 4. The van der Waals surface area contributed by atoms with Crippen molar-refractivity contribution < 1.29 is 19.4 Å². The molecule has 7 heteroatoms. The Kier molecular flexibility index (Phi) is 5.78. The summed E-state index contributed by atoms with van der Waals surface area (Å²) in [6.07, 6.45) is 4.96. The number of methoxy groups -OCH3 is 1. The first-order valence-electron chi connectivity index (χ1n) is 9.23. The molecule has 1 saturated heterocycles. The highest BCUT2D eigenvalue weighted by molar-refractivity contribution is 5.95. The zero-order valence-corrected chi connectivity index (χ0v) is 15.7. The van der Waals surface area contributed by atoms with Gasteiger partial charge in [0.2, 0.25) is 0 Å². The summed E-state index contributed by atoms with van der Waals surface area (Å²) in [6.45, 7) is 2.52. The molecule has 1 aliphatic rings. The first kappa shape index (κ1) is 18.9. The number of benzene rings is 1. The summed E-state index contributed by atoms with van der Waals surface area (Å²) in [5.41, 5.74) is 2.06. The molecule has 1 N–H and O–H groups in total. The molecule has 0 bridgehead atoms. The number of ether oxygens (including phenoxy) is 1. The standard InChI is InChI=1S/C20H25N3O4/c1-14-16(13-21-23(14)17-8-3-4-9-18(17)27-2)20(26)22-12-6-5-7-15(22)10-11-19(24)25/h3-4,8-9,13,15H,5-7,10-12H2,1-2H3,(H,24,25). The third-order valence-corrected chi connectivity index (χ3v) is 5.13. The molecule has 2 heterocycles. The van der Waals surface area contributed by atoms with Crippen molar-refractivity contribution in [2.45, 2.75) is 45.1 Å². The maximum atomic E-state index is 13.2. The maximum Gasteiger partial charge on any atom is 0.303 e. The number of piperidine rings is 1. The third-order valence-electron chi connectivity index (χ3n) is 5.13. The van der Waals surface area contributed by atoms with Crippen LogP contribution in [0.3, 0.4) is 0 Å². The van der Waals surface area contributed by atoms with E-state index in [4.69, 9.17) is 9.84 Å². The number of carbonyl (C=O) groups excluding carboxylic acids is 1.